The molecule has 0 unspecified atom stereocenters. The number of ether oxygens (including phenoxy) is 1. The van der Waals surface area contributed by atoms with Crippen LogP contribution in [0.15, 0.2) is 18.2 Å². The van der Waals surface area contributed by atoms with E-state index < -0.39 is 5.60 Å². The van der Waals surface area contributed by atoms with Gasteiger partial charge in [-0.2, -0.15) is 0 Å². The van der Waals surface area contributed by atoms with Gasteiger partial charge in [0.1, 0.15) is 11.4 Å². The van der Waals surface area contributed by atoms with E-state index in [1.165, 1.54) is 12.1 Å². The van der Waals surface area contributed by atoms with Gasteiger partial charge in [0, 0.05) is 24.7 Å². The molecule has 0 bridgehead atoms. The van der Waals surface area contributed by atoms with Crippen LogP contribution in [0, 0.1) is 11.7 Å². The lowest BCUT2D eigenvalue weighted by Crippen LogP contribution is -2.43. The van der Waals surface area contributed by atoms with Gasteiger partial charge in [0.2, 0.25) is 0 Å². The van der Waals surface area contributed by atoms with E-state index in [1.54, 1.807) is 11.0 Å². The molecule has 2 rings (SSSR count). The zero-order chi connectivity index (χ0) is 17.7. The van der Waals surface area contributed by atoms with Crippen LogP contribution in [-0.2, 0) is 11.3 Å². The van der Waals surface area contributed by atoms with Crippen LogP contribution in [0.25, 0.3) is 0 Å². The summed E-state index contributed by atoms with van der Waals surface area (Å²) in [6, 6.07) is 4.45. The summed E-state index contributed by atoms with van der Waals surface area (Å²) in [7, 11) is 0. The maximum absolute atomic E-state index is 13.0. The quantitative estimate of drug-likeness (QED) is 0.878. The monoisotopic (exact) mass is 356 g/mol. The Labute approximate surface area is 148 Å². The van der Waals surface area contributed by atoms with Crippen molar-refractivity contribution in [3.63, 3.8) is 0 Å². The van der Waals surface area contributed by atoms with Crippen molar-refractivity contribution in [3.8, 4) is 0 Å². The van der Waals surface area contributed by atoms with E-state index in [9.17, 15) is 9.18 Å². The van der Waals surface area contributed by atoms with Gasteiger partial charge < -0.3 is 15.0 Å². The number of carbonyl (C=O) groups is 1. The first-order valence-electron chi connectivity index (χ1n) is 8.37. The number of rotatable bonds is 4. The van der Waals surface area contributed by atoms with Gasteiger partial charge in [-0.3, -0.25) is 0 Å². The normalized spacial score (nSPS) is 16.3. The number of hydrogen-bond donors (Lipinski definition) is 1. The van der Waals surface area contributed by atoms with Crippen LogP contribution < -0.4 is 5.32 Å². The molecule has 1 N–H and O–H groups in total. The highest BCUT2D eigenvalue weighted by atomic mass is 35.5. The fourth-order valence-electron chi connectivity index (χ4n) is 2.72. The predicted molar refractivity (Wildman–Crippen MR) is 93.6 cm³/mol. The van der Waals surface area contributed by atoms with Crippen molar-refractivity contribution in [1.82, 2.24) is 10.2 Å². The number of carbonyl (C=O) groups excluding carboxylic acids is 1. The third-order valence-corrected chi connectivity index (χ3v) is 4.38. The zero-order valence-corrected chi connectivity index (χ0v) is 15.3. The first-order chi connectivity index (χ1) is 11.2. The minimum absolute atomic E-state index is 0.230. The van der Waals surface area contributed by atoms with Crippen molar-refractivity contribution in [2.24, 2.45) is 5.92 Å². The van der Waals surface area contributed by atoms with E-state index >= 15 is 0 Å². The van der Waals surface area contributed by atoms with Gasteiger partial charge in [-0.1, -0.05) is 17.7 Å². The van der Waals surface area contributed by atoms with Crippen LogP contribution in [0.3, 0.4) is 0 Å². The van der Waals surface area contributed by atoms with E-state index in [0.29, 0.717) is 17.5 Å². The highest BCUT2D eigenvalue weighted by molar-refractivity contribution is 6.31. The van der Waals surface area contributed by atoms with Crippen LogP contribution in [0.1, 0.15) is 39.2 Å². The third kappa shape index (κ3) is 5.95. The fraction of sp³-hybridized carbons (Fsp3) is 0.611. The smallest absolute Gasteiger partial charge is 0.410 e. The molecular formula is C18H26ClFN2O2. The lowest BCUT2D eigenvalue weighted by atomic mass is 9.97. The standard InChI is InChI=1S/C18H26ClFN2O2/c1-18(2,3)24-17(23)22-8-6-13(7-9-22)11-21-12-14-4-5-15(20)10-16(14)19/h4-5,10,13,21H,6-9,11-12H2,1-3H3. The molecule has 1 fully saturated rings. The molecule has 0 aromatic heterocycles. The average Bonchev–Trinajstić information content (AvgIpc) is 2.48. The summed E-state index contributed by atoms with van der Waals surface area (Å²) >= 11 is 6.02. The molecule has 1 aliphatic heterocycles. The molecule has 1 amide bonds. The highest BCUT2D eigenvalue weighted by Crippen LogP contribution is 2.20. The predicted octanol–water partition coefficient (Wildman–Crippen LogP) is 4.22. The third-order valence-electron chi connectivity index (χ3n) is 4.03. The molecule has 1 aromatic rings. The summed E-state index contributed by atoms with van der Waals surface area (Å²) < 4.78 is 18.4. The van der Waals surface area contributed by atoms with Gasteiger partial charge in [-0.05, 0) is 63.8 Å². The minimum Gasteiger partial charge on any atom is -0.444 e. The Hall–Kier alpha value is -1.33. The van der Waals surface area contributed by atoms with Crippen LogP contribution in [-0.4, -0.2) is 36.2 Å². The molecular weight excluding hydrogens is 331 g/mol. The second-order valence-corrected chi connectivity index (χ2v) is 7.68. The Morgan fingerprint density at radius 2 is 2.04 bits per heavy atom. The van der Waals surface area contributed by atoms with E-state index in [0.717, 1.165) is 38.0 Å². The number of halogens is 2. The Morgan fingerprint density at radius 3 is 2.62 bits per heavy atom. The maximum Gasteiger partial charge on any atom is 0.410 e. The lowest BCUT2D eigenvalue weighted by Gasteiger charge is -2.33. The van der Waals surface area contributed by atoms with Crippen molar-refractivity contribution < 1.29 is 13.9 Å². The van der Waals surface area contributed by atoms with Gasteiger partial charge in [0.05, 0.1) is 0 Å². The largest absolute Gasteiger partial charge is 0.444 e. The number of piperidine rings is 1. The van der Waals surface area contributed by atoms with Crippen LogP contribution >= 0.6 is 11.6 Å². The molecule has 1 aromatic carbocycles. The fourth-order valence-corrected chi connectivity index (χ4v) is 2.96. The summed E-state index contributed by atoms with van der Waals surface area (Å²) in [6.45, 7) is 8.55. The summed E-state index contributed by atoms with van der Waals surface area (Å²) in [5.41, 5.74) is 0.438. The number of hydrogen-bond acceptors (Lipinski definition) is 3. The van der Waals surface area contributed by atoms with Gasteiger partial charge in [-0.15, -0.1) is 0 Å². The summed E-state index contributed by atoms with van der Waals surface area (Å²) in [5, 5.41) is 3.82. The molecule has 6 heteroatoms. The average molecular weight is 357 g/mol. The molecule has 4 nitrogen and oxygen atoms in total. The van der Waals surface area contributed by atoms with E-state index in [4.69, 9.17) is 16.3 Å². The summed E-state index contributed by atoms with van der Waals surface area (Å²) in [6.07, 6.45) is 1.67. The maximum atomic E-state index is 13.0. The van der Waals surface area contributed by atoms with Crippen molar-refractivity contribution >= 4 is 17.7 Å². The Bertz CT molecular complexity index is 567. The Morgan fingerprint density at radius 1 is 1.38 bits per heavy atom. The van der Waals surface area contributed by atoms with Gasteiger partial charge in [-0.25, -0.2) is 9.18 Å². The van der Waals surface area contributed by atoms with Crippen LogP contribution in [0.5, 0.6) is 0 Å². The van der Waals surface area contributed by atoms with Crippen LogP contribution in [0.4, 0.5) is 9.18 Å². The van der Waals surface area contributed by atoms with Gasteiger partial charge in [0.25, 0.3) is 0 Å². The Balaban J connectivity index is 1.70. The SMILES string of the molecule is CC(C)(C)OC(=O)N1CCC(CNCc2ccc(F)cc2Cl)CC1. The van der Waals surface area contributed by atoms with E-state index in [-0.39, 0.29) is 11.9 Å². The highest BCUT2D eigenvalue weighted by Gasteiger charge is 2.26. The van der Waals surface area contributed by atoms with E-state index in [1.807, 2.05) is 20.8 Å². The molecule has 1 aliphatic rings. The van der Waals surface area contributed by atoms with Gasteiger partial charge >= 0.3 is 6.09 Å². The minimum atomic E-state index is -0.454. The Kier molecular flexibility index (Phi) is 6.47. The second-order valence-electron chi connectivity index (χ2n) is 7.28. The number of nitrogens with one attached hydrogen (secondary N) is 1. The molecule has 0 atom stereocenters. The lowest BCUT2D eigenvalue weighted by molar-refractivity contribution is 0.0184. The number of likely N-dealkylation sites (tertiary alicyclic amines) is 1. The summed E-state index contributed by atoms with van der Waals surface area (Å²) in [4.78, 5) is 13.8. The van der Waals surface area contributed by atoms with Crippen molar-refractivity contribution in [3.05, 3.63) is 34.6 Å². The number of nitrogens with zero attached hydrogens (tertiary/aromatic N) is 1. The molecule has 24 heavy (non-hydrogen) atoms. The first-order valence-corrected chi connectivity index (χ1v) is 8.75. The van der Waals surface area contributed by atoms with Gasteiger partial charge in [0.15, 0.2) is 0 Å². The first kappa shape index (κ1) is 19.0. The molecule has 1 saturated heterocycles. The van der Waals surface area contributed by atoms with E-state index in [2.05, 4.69) is 5.32 Å². The van der Waals surface area contributed by atoms with Crippen molar-refractivity contribution in [2.45, 2.75) is 45.8 Å². The molecule has 134 valence electrons. The molecule has 1 heterocycles. The summed E-state index contributed by atoms with van der Waals surface area (Å²) in [5.74, 6) is 0.196. The van der Waals surface area contributed by atoms with Crippen LogP contribution in [0.2, 0.25) is 5.02 Å². The zero-order valence-electron chi connectivity index (χ0n) is 14.6. The van der Waals surface area contributed by atoms with Crippen molar-refractivity contribution in [1.29, 1.82) is 0 Å². The molecule has 0 aliphatic carbocycles. The van der Waals surface area contributed by atoms with Crippen molar-refractivity contribution in [2.75, 3.05) is 19.6 Å². The molecule has 0 saturated carbocycles. The topological polar surface area (TPSA) is 41.6 Å². The second kappa shape index (κ2) is 8.17. The number of amides is 1. The molecule has 0 radical (unpaired) electrons. The molecule has 0 spiro atoms. The number of benzene rings is 1.